The van der Waals surface area contributed by atoms with Gasteiger partial charge in [-0.25, -0.2) is 0 Å². The third-order valence-corrected chi connectivity index (χ3v) is 3.32. The van der Waals surface area contributed by atoms with Crippen molar-refractivity contribution in [1.29, 1.82) is 0 Å². The van der Waals surface area contributed by atoms with Crippen LogP contribution in [0.4, 0.5) is 5.69 Å². The van der Waals surface area contributed by atoms with E-state index >= 15 is 0 Å². The van der Waals surface area contributed by atoms with Crippen LogP contribution in [0.5, 0.6) is 0 Å². The molecule has 0 bridgehead atoms. The van der Waals surface area contributed by atoms with Gasteiger partial charge in [0.2, 0.25) is 0 Å². The van der Waals surface area contributed by atoms with Crippen molar-refractivity contribution in [1.82, 2.24) is 5.32 Å². The maximum Gasteiger partial charge on any atom is 0.272 e. The highest BCUT2D eigenvalue weighted by Crippen LogP contribution is 2.23. The zero-order valence-electron chi connectivity index (χ0n) is 12.5. The summed E-state index contributed by atoms with van der Waals surface area (Å²) in [5, 5.41) is 14.3. The van der Waals surface area contributed by atoms with Gasteiger partial charge in [-0.2, -0.15) is 0 Å². The fraction of sp³-hybridized carbons (Fsp3) is 0.571. The first-order chi connectivity index (χ1) is 9.40. The molecule has 1 rings (SSSR count). The van der Waals surface area contributed by atoms with Crippen molar-refractivity contribution < 1.29 is 14.4 Å². The minimum Gasteiger partial charge on any atom is -0.354 e. The van der Waals surface area contributed by atoms with Gasteiger partial charge in [0.05, 0.1) is 11.0 Å². The molecule has 2 atom stereocenters. The Hall–Kier alpha value is -1.50. The van der Waals surface area contributed by atoms with Gasteiger partial charge in [0.1, 0.15) is 0 Å². The van der Waals surface area contributed by atoms with Gasteiger partial charge in [-0.15, -0.1) is 0 Å². The second-order valence-corrected chi connectivity index (χ2v) is 4.82. The predicted molar refractivity (Wildman–Crippen MR) is 76.7 cm³/mol. The highest BCUT2D eigenvalue weighted by atomic mass is 16.7. The Kier molecular flexibility index (Phi) is 6.06. The third kappa shape index (κ3) is 4.00. The Balaban J connectivity index is 2.84. The van der Waals surface area contributed by atoms with E-state index in [1.165, 1.54) is 0 Å². The maximum atomic E-state index is 11.0. The number of nitrogens with one attached hydrogen (secondary N) is 1. The van der Waals surface area contributed by atoms with Crippen molar-refractivity contribution in [2.45, 2.75) is 39.1 Å². The summed E-state index contributed by atoms with van der Waals surface area (Å²) in [6.45, 7) is 5.62. The number of hydrogen-bond acceptors (Lipinski definition) is 5. The molecule has 0 radical (unpaired) electrons. The number of nitro groups is 1. The van der Waals surface area contributed by atoms with E-state index in [0.717, 1.165) is 5.56 Å². The van der Waals surface area contributed by atoms with Gasteiger partial charge in [-0.1, -0.05) is 12.1 Å². The molecule has 0 aliphatic heterocycles. The first-order valence-electron chi connectivity index (χ1n) is 6.47. The molecular formula is C14H22N2O4. The van der Waals surface area contributed by atoms with Crippen LogP contribution in [0.1, 0.15) is 31.0 Å². The van der Waals surface area contributed by atoms with Gasteiger partial charge >= 0.3 is 0 Å². The van der Waals surface area contributed by atoms with Gasteiger partial charge in [-0.3, -0.25) is 10.1 Å². The van der Waals surface area contributed by atoms with E-state index in [0.29, 0.717) is 5.56 Å². The van der Waals surface area contributed by atoms with Crippen LogP contribution >= 0.6 is 0 Å². The van der Waals surface area contributed by atoms with Crippen molar-refractivity contribution in [3.05, 3.63) is 39.4 Å². The van der Waals surface area contributed by atoms with E-state index < -0.39 is 0 Å². The summed E-state index contributed by atoms with van der Waals surface area (Å²) in [4.78, 5) is 10.6. The zero-order chi connectivity index (χ0) is 15.3. The third-order valence-electron chi connectivity index (χ3n) is 3.32. The molecule has 0 aliphatic rings. The maximum absolute atomic E-state index is 11.0. The molecule has 0 aromatic heterocycles. The molecule has 0 aliphatic carbocycles. The van der Waals surface area contributed by atoms with Crippen LogP contribution < -0.4 is 5.32 Å². The lowest BCUT2D eigenvalue weighted by atomic mass is 10.0. The van der Waals surface area contributed by atoms with Crippen LogP contribution in [-0.4, -0.2) is 31.5 Å². The lowest BCUT2D eigenvalue weighted by Gasteiger charge is -2.26. The summed E-state index contributed by atoms with van der Waals surface area (Å²) in [5.74, 6) is 0. The lowest BCUT2D eigenvalue weighted by molar-refractivity contribution is -0.385. The average Bonchev–Trinajstić information content (AvgIpc) is 2.40. The monoisotopic (exact) mass is 282 g/mol. The highest BCUT2D eigenvalue weighted by molar-refractivity contribution is 5.43. The normalized spacial score (nSPS) is 14.3. The van der Waals surface area contributed by atoms with Gasteiger partial charge in [0, 0.05) is 31.9 Å². The summed E-state index contributed by atoms with van der Waals surface area (Å²) in [6, 6.07) is 5.17. The van der Waals surface area contributed by atoms with Crippen molar-refractivity contribution in [3.8, 4) is 0 Å². The molecule has 6 heteroatoms. The van der Waals surface area contributed by atoms with Gasteiger partial charge in [0.15, 0.2) is 6.29 Å². The van der Waals surface area contributed by atoms with Crippen LogP contribution in [0.15, 0.2) is 18.2 Å². The molecule has 0 saturated heterocycles. The summed E-state index contributed by atoms with van der Waals surface area (Å²) in [5.41, 5.74) is 1.66. The number of aryl methyl sites for hydroxylation is 1. The highest BCUT2D eigenvalue weighted by Gasteiger charge is 2.20. The number of benzene rings is 1. The predicted octanol–water partition coefficient (Wildman–Crippen LogP) is 2.56. The average molecular weight is 282 g/mol. The van der Waals surface area contributed by atoms with E-state index in [9.17, 15) is 10.1 Å². The minimum absolute atomic E-state index is 0.0413. The molecule has 0 amide bonds. The molecule has 2 unspecified atom stereocenters. The lowest BCUT2D eigenvalue weighted by Crippen LogP contribution is -2.40. The van der Waals surface area contributed by atoms with Crippen molar-refractivity contribution >= 4 is 5.69 Å². The molecule has 6 nitrogen and oxygen atoms in total. The Morgan fingerprint density at radius 1 is 1.25 bits per heavy atom. The number of nitro benzene ring substituents is 1. The fourth-order valence-electron chi connectivity index (χ4n) is 2.17. The summed E-state index contributed by atoms with van der Waals surface area (Å²) >= 11 is 0. The number of rotatable bonds is 7. The Morgan fingerprint density at radius 3 is 2.35 bits per heavy atom. The van der Waals surface area contributed by atoms with E-state index in [1.807, 2.05) is 19.9 Å². The van der Waals surface area contributed by atoms with Crippen LogP contribution in [0.25, 0.3) is 0 Å². The fourth-order valence-corrected chi connectivity index (χ4v) is 2.17. The van der Waals surface area contributed by atoms with Crippen molar-refractivity contribution in [3.63, 3.8) is 0 Å². The Bertz CT molecular complexity index is 460. The Morgan fingerprint density at radius 2 is 1.85 bits per heavy atom. The standard InChI is InChI=1S/C14H22N2O4/c1-9-6-7-12(8-13(9)16(17)18)10(2)15-11(3)14(19-4)20-5/h6-8,10-11,14-15H,1-5H3. The van der Waals surface area contributed by atoms with E-state index in [-0.39, 0.29) is 29.0 Å². The number of nitrogens with zero attached hydrogens (tertiary/aromatic N) is 1. The molecule has 112 valence electrons. The van der Waals surface area contributed by atoms with Crippen LogP contribution in [0, 0.1) is 17.0 Å². The largest absolute Gasteiger partial charge is 0.354 e. The van der Waals surface area contributed by atoms with Gasteiger partial charge < -0.3 is 14.8 Å². The van der Waals surface area contributed by atoms with Crippen molar-refractivity contribution in [2.75, 3.05) is 14.2 Å². The van der Waals surface area contributed by atoms with Gasteiger partial charge in [-0.05, 0) is 26.3 Å². The molecule has 0 saturated carbocycles. The van der Waals surface area contributed by atoms with Crippen LogP contribution in [0.3, 0.4) is 0 Å². The molecule has 1 aromatic rings. The topological polar surface area (TPSA) is 73.6 Å². The minimum atomic E-state index is -0.363. The molecule has 0 fully saturated rings. The molecule has 1 N–H and O–H groups in total. The quantitative estimate of drug-likeness (QED) is 0.472. The molecule has 1 aromatic carbocycles. The number of hydrogen-bond donors (Lipinski definition) is 1. The second kappa shape index (κ2) is 7.33. The second-order valence-electron chi connectivity index (χ2n) is 4.82. The zero-order valence-corrected chi connectivity index (χ0v) is 12.5. The van der Waals surface area contributed by atoms with Crippen LogP contribution in [0.2, 0.25) is 0 Å². The molecular weight excluding hydrogens is 260 g/mol. The summed E-state index contributed by atoms with van der Waals surface area (Å²) in [6.07, 6.45) is -0.363. The van der Waals surface area contributed by atoms with Gasteiger partial charge in [0.25, 0.3) is 5.69 Å². The summed E-state index contributed by atoms with van der Waals surface area (Å²) in [7, 11) is 3.15. The van der Waals surface area contributed by atoms with E-state index in [1.54, 1.807) is 33.3 Å². The SMILES string of the molecule is COC(OC)C(C)NC(C)c1ccc(C)c([N+](=O)[O-])c1. The van der Waals surface area contributed by atoms with Crippen LogP contribution in [-0.2, 0) is 9.47 Å². The molecule has 0 heterocycles. The Labute approximate surface area is 119 Å². The first kappa shape index (κ1) is 16.6. The first-order valence-corrected chi connectivity index (χ1v) is 6.47. The molecule has 20 heavy (non-hydrogen) atoms. The van der Waals surface area contributed by atoms with E-state index in [2.05, 4.69) is 5.32 Å². The number of methoxy groups -OCH3 is 2. The summed E-state index contributed by atoms with van der Waals surface area (Å²) < 4.78 is 10.4. The van der Waals surface area contributed by atoms with E-state index in [4.69, 9.17) is 9.47 Å². The number of ether oxygens (including phenoxy) is 2. The smallest absolute Gasteiger partial charge is 0.272 e. The van der Waals surface area contributed by atoms with Crippen molar-refractivity contribution in [2.24, 2.45) is 0 Å². The molecule has 0 spiro atoms.